The molecule has 5 heteroatoms. The minimum Gasteiger partial charge on any atom is -0.457 e. The van der Waals surface area contributed by atoms with E-state index in [1.807, 2.05) is 36.4 Å². The summed E-state index contributed by atoms with van der Waals surface area (Å²) >= 11 is 0. The van der Waals surface area contributed by atoms with Crippen molar-refractivity contribution < 1.29 is 14.4 Å². The van der Waals surface area contributed by atoms with Gasteiger partial charge in [-0.1, -0.05) is 32.0 Å². The van der Waals surface area contributed by atoms with Crippen molar-refractivity contribution in [1.82, 2.24) is 0 Å². The van der Waals surface area contributed by atoms with Crippen LogP contribution < -0.4 is 15.9 Å². The van der Waals surface area contributed by atoms with Crippen molar-refractivity contribution in [3.05, 3.63) is 53.1 Å². The van der Waals surface area contributed by atoms with Gasteiger partial charge in [0, 0.05) is 6.54 Å². The first-order valence-electron chi connectivity index (χ1n) is 7.52. The summed E-state index contributed by atoms with van der Waals surface area (Å²) in [6.07, 6.45) is 0. The van der Waals surface area contributed by atoms with Gasteiger partial charge in [-0.2, -0.15) is 0 Å². The second kappa shape index (κ2) is 6.12. The molecule has 0 aromatic heterocycles. The fourth-order valence-corrected chi connectivity index (χ4v) is 2.84. The molecule has 0 fully saturated rings. The second-order valence-corrected chi connectivity index (χ2v) is 5.82. The monoisotopic (exact) mass is 297 g/mol. The predicted octanol–water partition coefficient (Wildman–Crippen LogP) is 2.28. The van der Waals surface area contributed by atoms with E-state index in [-0.39, 0.29) is 5.92 Å². The molecule has 0 saturated carbocycles. The Morgan fingerprint density at radius 2 is 1.95 bits per heavy atom. The number of nitrogens with two attached hydrogens (primary N) is 1. The molecule has 0 aliphatic carbocycles. The Labute approximate surface area is 131 Å². The lowest BCUT2D eigenvalue weighted by atomic mass is 9.73. The molecule has 3 rings (SSSR count). The van der Waals surface area contributed by atoms with E-state index >= 15 is 0 Å². The van der Waals surface area contributed by atoms with Gasteiger partial charge in [0.1, 0.15) is 11.5 Å². The Balaban J connectivity index is 1.98. The van der Waals surface area contributed by atoms with Crippen LogP contribution in [-0.2, 0) is 17.8 Å². The van der Waals surface area contributed by atoms with Crippen LogP contribution in [0.2, 0.25) is 0 Å². The summed E-state index contributed by atoms with van der Waals surface area (Å²) in [6.45, 7) is 5.14. The van der Waals surface area contributed by atoms with Gasteiger partial charge >= 0.3 is 7.12 Å². The van der Waals surface area contributed by atoms with E-state index in [0.29, 0.717) is 13.2 Å². The highest BCUT2D eigenvalue weighted by Gasteiger charge is 2.33. The molecule has 0 spiro atoms. The van der Waals surface area contributed by atoms with Crippen molar-refractivity contribution in [1.29, 1.82) is 0 Å². The molecule has 2 aromatic carbocycles. The largest absolute Gasteiger partial charge is 0.492 e. The van der Waals surface area contributed by atoms with Crippen LogP contribution in [0.5, 0.6) is 11.5 Å². The molecular formula is C17H20BNO3. The van der Waals surface area contributed by atoms with Crippen molar-refractivity contribution in [3.63, 3.8) is 0 Å². The third-order valence-electron chi connectivity index (χ3n) is 3.95. The number of hydrogen-bond acceptors (Lipinski definition) is 4. The summed E-state index contributed by atoms with van der Waals surface area (Å²) in [5, 5.41) is 10.1. The molecule has 0 bridgehead atoms. The van der Waals surface area contributed by atoms with Crippen LogP contribution in [0.1, 0.15) is 36.5 Å². The summed E-state index contributed by atoms with van der Waals surface area (Å²) in [4.78, 5) is 0. The SMILES string of the molecule is CC(C)c1c(Oc2ccc(CN)cc2)ccc2c1B(O)OC2. The first-order chi connectivity index (χ1) is 10.6. The molecule has 114 valence electrons. The van der Waals surface area contributed by atoms with E-state index < -0.39 is 7.12 Å². The maximum atomic E-state index is 10.1. The molecule has 3 N–H and O–H groups in total. The molecule has 1 heterocycles. The first kappa shape index (κ1) is 15.1. The zero-order valence-corrected chi connectivity index (χ0v) is 12.9. The van der Waals surface area contributed by atoms with E-state index in [1.165, 1.54) is 0 Å². The van der Waals surface area contributed by atoms with Crippen molar-refractivity contribution in [2.45, 2.75) is 32.9 Å². The molecule has 0 radical (unpaired) electrons. The third kappa shape index (κ3) is 2.75. The predicted molar refractivity (Wildman–Crippen MR) is 87.3 cm³/mol. The molecule has 2 aromatic rings. The fraction of sp³-hybridized carbons (Fsp3) is 0.294. The summed E-state index contributed by atoms with van der Waals surface area (Å²) in [5.41, 5.74) is 9.56. The van der Waals surface area contributed by atoms with Crippen LogP contribution in [-0.4, -0.2) is 12.1 Å². The van der Waals surface area contributed by atoms with Crippen molar-refractivity contribution in [2.75, 3.05) is 0 Å². The van der Waals surface area contributed by atoms with Gasteiger partial charge in [-0.05, 0) is 46.3 Å². The molecule has 0 atom stereocenters. The highest BCUT2D eigenvalue weighted by molar-refractivity contribution is 6.62. The van der Waals surface area contributed by atoms with E-state index in [2.05, 4.69) is 13.8 Å². The Hall–Kier alpha value is -1.82. The zero-order valence-electron chi connectivity index (χ0n) is 12.9. The first-order valence-corrected chi connectivity index (χ1v) is 7.52. The number of fused-ring (bicyclic) bond motifs is 1. The van der Waals surface area contributed by atoms with E-state index in [0.717, 1.165) is 33.7 Å². The standard InChI is InChI=1S/C17H20BNO3/c1-11(2)16-15(8-5-13-10-21-18(20)17(13)16)22-14-6-3-12(9-19)4-7-14/h3-8,11,20H,9-10,19H2,1-2H3. The van der Waals surface area contributed by atoms with Gasteiger partial charge in [-0.25, -0.2) is 0 Å². The summed E-state index contributed by atoms with van der Waals surface area (Å²) < 4.78 is 11.4. The second-order valence-electron chi connectivity index (χ2n) is 5.82. The molecule has 1 aliphatic heterocycles. The Morgan fingerprint density at radius 1 is 1.23 bits per heavy atom. The van der Waals surface area contributed by atoms with Crippen LogP contribution in [0, 0.1) is 0 Å². The van der Waals surface area contributed by atoms with Gasteiger partial charge in [0.25, 0.3) is 0 Å². The van der Waals surface area contributed by atoms with Crippen molar-refractivity contribution in [3.8, 4) is 11.5 Å². The van der Waals surface area contributed by atoms with Gasteiger partial charge in [0.15, 0.2) is 0 Å². The van der Waals surface area contributed by atoms with Crippen LogP contribution in [0.3, 0.4) is 0 Å². The lowest BCUT2D eigenvalue weighted by Gasteiger charge is -2.18. The van der Waals surface area contributed by atoms with Gasteiger partial charge in [0.05, 0.1) is 6.61 Å². The van der Waals surface area contributed by atoms with Crippen LogP contribution in [0.4, 0.5) is 0 Å². The third-order valence-corrected chi connectivity index (χ3v) is 3.95. The quantitative estimate of drug-likeness (QED) is 0.850. The topological polar surface area (TPSA) is 64.7 Å². The Kier molecular flexibility index (Phi) is 4.20. The van der Waals surface area contributed by atoms with Crippen LogP contribution in [0.25, 0.3) is 0 Å². The number of hydrogen-bond donors (Lipinski definition) is 2. The van der Waals surface area contributed by atoms with E-state index in [4.69, 9.17) is 15.1 Å². The van der Waals surface area contributed by atoms with E-state index in [1.54, 1.807) is 0 Å². The van der Waals surface area contributed by atoms with Crippen LogP contribution in [0.15, 0.2) is 36.4 Å². The molecule has 0 unspecified atom stereocenters. The Bertz CT molecular complexity index is 670. The Morgan fingerprint density at radius 3 is 2.59 bits per heavy atom. The minimum absolute atomic E-state index is 0.226. The summed E-state index contributed by atoms with van der Waals surface area (Å²) in [7, 11) is -0.865. The molecular weight excluding hydrogens is 277 g/mol. The molecule has 1 aliphatic rings. The minimum atomic E-state index is -0.865. The lowest BCUT2D eigenvalue weighted by molar-refractivity contribution is 0.275. The summed E-state index contributed by atoms with van der Waals surface area (Å²) in [5.74, 6) is 1.75. The highest BCUT2D eigenvalue weighted by atomic mass is 16.5. The molecule has 22 heavy (non-hydrogen) atoms. The van der Waals surface area contributed by atoms with Gasteiger partial charge in [-0.3, -0.25) is 0 Å². The summed E-state index contributed by atoms with van der Waals surface area (Å²) in [6, 6.07) is 11.6. The maximum absolute atomic E-state index is 10.1. The fourth-order valence-electron chi connectivity index (χ4n) is 2.84. The zero-order chi connectivity index (χ0) is 15.7. The van der Waals surface area contributed by atoms with Crippen LogP contribution >= 0.6 is 0 Å². The number of benzene rings is 2. The molecule has 0 amide bonds. The normalized spacial score (nSPS) is 13.6. The number of rotatable bonds is 4. The average molecular weight is 297 g/mol. The highest BCUT2D eigenvalue weighted by Crippen LogP contribution is 2.32. The van der Waals surface area contributed by atoms with Crippen molar-refractivity contribution in [2.24, 2.45) is 5.73 Å². The molecule has 0 saturated heterocycles. The average Bonchev–Trinajstić information content (AvgIpc) is 2.89. The van der Waals surface area contributed by atoms with Gasteiger partial charge in [-0.15, -0.1) is 0 Å². The van der Waals surface area contributed by atoms with Crippen molar-refractivity contribution >= 4 is 12.6 Å². The smallest absolute Gasteiger partial charge is 0.457 e. The molecule has 4 nitrogen and oxygen atoms in total. The number of ether oxygens (including phenoxy) is 1. The van der Waals surface area contributed by atoms with Gasteiger partial charge < -0.3 is 20.1 Å². The maximum Gasteiger partial charge on any atom is 0.492 e. The van der Waals surface area contributed by atoms with Gasteiger partial charge in [0.2, 0.25) is 0 Å². The van der Waals surface area contributed by atoms with E-state index in [9.17, 15) is 5.02 Å². The lowest BCUT2D eigenvalue weighted by Crippen LogP contribution is -2.32.